The Morgan fingerprint density at radius 2 is 1.96 bits per heavy atom. The molecule has 1 aliphatic rings. The fourth-order valence-electron chi connectivity index (χ4n) is 3.18. The quantitative estimate of drug-likeness (QED) is 0.753. The second-order valence-corrected chi connectivity index (χ2v) is 6.51. The average Bonchev–Trinajstić information content (AvgIpc) is 3.38. The van der Waals surface area contributed by atoms with Crippen LogP contribution in [0.25, 0.3) is 16.9 Å². The van der Waals surface area contributed by atoms with E-state index in [2.05, 4.69) is 10.4 Å². The highest BCUT2D eigenvalue weighted by Crippen LogP contribution is 2.24. The van der Waals surface area contributed by atoms with E-state index in [1.54, 1.807) is 16.8 Å². The number of halogens is 1. The Morgan fingerprint density at radius 1 is 1.19 bits per heavy atom. The molecule has 1 amide bonds. The van der Waals surface area contributed by atoms with Crippen molar-refractivity contribution in [2.45, 2.75) is 25.5 Å². The number of ether oxygens (including phenoxy) is 1. The van der Waals surface area contributed by atoms with Crippen LogP contribution in [0.4, 0.5) is 4.39 Å². The summed E-state index contributed by atoms with van der Waals surface area (Å²) in [5.74, 6) is -0.403. The fraction of sp³-hybridized carbons (Fsp3) is 0.238. The average molecular weight is 365 g/mol. The normalized spacial score (nSPS) is 16.4. The molecule has 0 spiro atoms. The summed E-state index contributed by atoms with van der Waals surface area (Å²) in [6, 6.07) is 15.9. The van der Waals surface area contributed by atoms with Crippen LogP contribution in [0.15, 0.2) is 60.8 Å². The molecule has 4 rings (SSSR count). The molecule has 0 unspecified atom stereocenters. The zero-order chi connectivity index (χ0) is 18.6. The molecular weight excluding hydrogens is 345 g/mol. The summed E-state index contributed by atoms with van der Waals surface area (Å²) < 4.78 is 20.5. The van der Waals surface area contributed by atoms with Gasteiger partial charge in [0.1, 0.15) is 11.9 Å². The van der Waals surface area contributed by atoms with Gasteiger partial charge in [0.05, 0.1) is 11.4 Å². The van der Waals surface area contributed by atoms with Gasteiger partial charge in [0.25, 0.3) is 0 Å². The monoisotopic (exact) mass is 365 g/mol. The summed E-state index contributed by atoms with van der Waals surface area (Å²) >= 11 is 0. The van der Waals surface area contributed by atoms with E-state index in [0.717, 1.165) is 29.7 Å². The lowest BCUT2D eigenvalue weighted by atomic mass is 10.1. The molecule has 0 saturated carbocycles. The van der Waals surface area contributed by atoms with Gasteiger partial charge in [-0.3, -0.25) is 4.79 Å². The number of rotatable bonds is 5. The lowest BCUT2D eigenvalue weighted by Crippen LogP contribution is -2.33. The Labute approximate surface area is 156 Å². The van der Waals surface area contributed by atoms with Gasteiger partial charge in [-0.25, -0.2) is 9.07 Å². The highest BCUT2D eigenvalue weighted by atomic mass is 19.1. The second kappa shape index (κ2) is 7.72. The smallest absolute Gasteiger partial charge is 0.249 e. The van der Waals surface area contributed by atoms with Gasteiger partial charge >= 0.3 is 0 Å². The van der Waals surface area contributed by atoms with Crippen molar-refractivity contribution < 1.29 is 13.9 Å². The van der Waals surface area contributed by atoms with Crippen LogP contribution in [0.3, 0.4) is 0 Å². The van der Waals surface area contributed by atoms with Crippen LogP contribution in [-0.4, -0.2) is 28.4 Å². The predicted octanol–water partition coefficient (Wildman–Crippen LogP) is 3.47. The largest absolute Gasteiger partial charge is 0.368 e. The lowest BCUT2D eigenvalue weighted by Gasteiger charge is -2.10. The van der Waals surface area contributed by atoms with Crippen LogP contribution in [0.5, 0.6) is 0 Å². The molecule has 2 heterocycles. The van der Waals surface area contributed by atoms with Crippen molar-refractivity contribution >= 4 is 5.91 Å². The van der Waals surface area contributed by atoms with Gasteiger partial charge in [0.2, 0.25) is 5.91 Å². The number of carbonyl (C=O) groups excluding carboxylic acids is 1. The van der Waals surface area contributed by atoms with Gasteiger partial charge in [-0.2, -0.15) is 5.10 Å². The molecule has 0 bridgehead atoms. The van der Waals surface area contributed by atoms with Gasteiger partial charge in [-0.15, -0.1) is 0 Å². The maximum absolute atomic E-state index is 13.3. The van der Waals surface area contributed by atoms with Gasteiger partial charge in [-0.05, 0) is 49.2 Å². The fourth-order valence-corrected chi connectivity index (χ4v) is 3.18. The molecule has 1 saturated heterocycles. The molecule has 1 atom stereocenters. The SMILES string of the molecule is O=C(NCc1cn(-c2ccccc2)nc1-c1ccc(F)cc1)[C@H]1CCCO1. The summed E-state index contributed by atoms with van der Waals surface area (Å²) in [6.07, 6.45) is 3.18. The van der Waals surface area contributed by atoms with E-state index in [1.807, 2.05) is 36.5 Å². The van der Waals surface area contributed by atoms with Crippen molar-refractivity contribution in [1.29, 1.82) is 0 Å². The van der Waals surface area contributed by atoms with E-state index < -0.39 is 0 Å². The molecule has 27 heavy (non-hydrogen) atoms. The van der Waals surface area contributed by atoms with Crippen LogP contribution in [-0.2, 0) is 16.1 Å². The molecule has 2 aromatic carbocycles. The Morgan fingerprint density at radius 3 is 2.67 bits per heavy atom. The Hall–Kier alpha value is -2.99. The molecule has 1 N–H and O–H groups in total. The van der Waals surface area contributed by atoms with Crippen molar-refractivity contribution in [3.05, 3.63) is 72.2 Å². The molecular formula is C21H20FN3O2. The van der Waals surface area contributed by atoms with Gasteiger partial charge in [-0.1, -0.05) is 18.2 Å². The number of carbonyl (C=O) groups is 1. The van der Waals surface area contributed by atoms with Crippen LogP contribution >= 0.6 is 0 Å². The maximum Gasteiger partial charge on any atom is 0.249 e. The number of nitrogens with zero attached hydrogens (tertiary/aromatic N) is 2. The highest BCUT2D eigenvalue weighted by molar-refractivity contribution is 5.81. The molecule has 1 fully saturated rings. The first-order valence-electron chi connectivity index (χ1n) is 9.00. The maximum atomic E-state index is 13.3. The summed E-state index contributed by atoms with van der Waals surface area (Å²) in [5, 5.41) is 7.60. The van der Waals surface area contributed by atoms with Crippen molar-refractivity contribution in [2.75, 3.05) is 6.61 Å². The van der Waals surface area contributed by atoms with E-state index in [9.17, 15) is 9.18 Å². The van der Waals surface area contributed by atoms with E-state index in [0.29, 0.717) is 18.8 Å². The van der Waals surface area contributed by atoms with Crippen LogP contribution < -0.4 is 5.32 Å². The zero-order valence-corrected chi connectivity index (χ0v) is 14.8. The summed E-state index contributed by atoms with van der Waals surface area (Å²) in [4.78, 5) is 12.3. The first kappa shape index (κ1) is 17.4. The van der Waals surface area contributed by atoms with Crippen LogP contribution in [0, 0.1) is 5.82 Å². The Balaban J connectivity index is 1.62. The Bertz CT molecular complexity index is 916. The molecule has 3 aromatic rings. The van der Waals surface area contributed by atoms with E-state index >= 15 is 0 Å². The number of para-hydroxylation sites is 1. The first-order valence-corrected chi connectivity index (χ1v) is 9.00. The molecule has 1 aromatic heterocycles. The predicted molar refractivity (Wildman–Crippen MR) is 99.8 cm³/mol. The minimum Gasteiger partial charge on any atom is -0.368 e. The molecule has 6 heteroatoms. The van der Waals surface area contributed by atoms with Crippen LogP contribution in [0.1, 0.15) is 18.4 Å². The van der Waals surface area contributed by atoms with Crippen molar-refractivity contribution in [3.63, 3.8) is 0 Å². The van der Waals surface area contributed by atoms with Gasteiger partial charge < -0.3 is 10.1 Å². The summed E-state index contributed by atoms with van der Waals surface area (Å²) in [6.45, 7) is 0.961. The Kier molecular flexibility index (Phi) is 4.98. The third kappa shape index (κ3) is 3.90. The number of hydrogen-bond acceptors (Lipinski definition) is 3. The molecule has 0 radical (unpaired) electrons. The zero-order valence-electron chi connectivity index (χ0n) is 14.8. The first-order chi connectivity index (χ1) is 13.2. The molecule has 0 aliphatic carbocycles. The van der Waals surface area contributed by atoms with Crippen molar-refractivity contribution in [2.24, 2.45) is 0 Å². The molecule has 1 aliphatic heterocycles. The minimum absolute atomic E-state index is 0.106. The van der Waals surface area contributed by atoms with Gasteiger partial charge in [0, 0.05) is 30.5 Å². The highest BCUT2D eigenvalue weighted by Gasteiger charge is 2.23. The number of benzene rings is 2. The topological polar surface area (TPSA) is 56.2 Å². The number of nitrogens with one attached hydrogen (secondary N) is 1. The minimum atomic E-state index is -0.372. The molecule has 5 nitrogen and oxygen atoms in total. The number of hydrogen-bond donors (Lipinski definition) is 1. The molecule has 138 valence electrons. The summed E-state index contributed by atoms with van der Waals surface area (Å²) in [7, 11) is 0. The number of aromatic nitrogens is 2. The summed E-state index contributed by atoms with van der Waals surface area (Å²) in [5.41, 5.74) is 3.29. The standard InChI is InChI=1S/C21H20FN3O2/c22-17-10-8-15(9-11-17)20-16(13-23-21(26)19-7-4-12-27-19)14-25(24-20)18-5-2-1-3-6-18/h1-3,5-6,8-11,14,19H,4,7,12-13H2,(H,23,26)/t19-/m1/s1. The van der Waals surface area contributed by atoms with E-state index in [-0.39, 0.29) is 17.8 Å². The van der Waals surface area contributed by atoms with Crippen molar-refractivity contribution in [3.8, 4) is 16.9 Å². The van der Waals surface area contributed by atoms with E-state index in [1.165, 1.54) is 12.1 Å². The van der Waals surface area contributed by atoms with Crippen molar-refractivity contribution in [1.82, 2.24) is 15.1 Å². The third-order valence-corrected chi connectivity index (χ3v) is 4.60. The number of amides is 1. The van der Waals surface area contributed by atoms with Crippen LogP contribution in [0.2, 0.25) is 0 Å². The lowest BCUT2D eigenvalue weighted by molar-refractivity contribution is -0.130. The van der Waals surface area contributed by atoms with E-state index in [4.69, 9.17) is 4.74 Å². The second-order valence-electron chi connectivity index (χ2n) is 6.51. The third-order valence-electron chi connectivity index (χ3n) is 4.60. The van der Waals surface area contributed by atoms with Gasteiger partial charge in [0.15, 0.2) is 0 Å².